The van der Waals surface area contributed by atoms with Crippen molar-refractivity contribution in [2.24, 2.45) is 11.3 Å². The molecule has 0 saturated heterocycles. The topological polar surface area (TPSA) is 29.9 Å². The lowest BCUT2D eigenvalue weighted by Gasteiger charge is -2.25. The van der Waals surface area contributed by atoms with Crippen molar-refractivity contribution in [3.8, 4) is 0 Å². The van der Waals surface area contributed by atoms with Gasteiger partial charge in [0, 0.05) is 19.3 Å². The predicted octanol–water partition coefficient (Wildman–Crippen LogP) is 3.84. The summed E-state index contributed by atoms with van der Waals surface area (Å²) in [6, 6.07) is 0. The van der Waals surface area contributed by atoms with Crippen molar-refractivity contribution in [3.63, 3.8) is 0 Å². The van der Waals surface area contributed by atoms with Crippen LogP contribution in [0.5, 0.6) is 0 Å². The number of anilines is 1. The Labute approximate surface area is 111 Å². The molecule has 1 saturated carbocycles. The lowest BCUT2D eigenvalue weighted by molar-refractivity contribution is 0.283. The third-order valence-electron chi connectivity index (χ3n) is 3.93. The van der Waals surface area contributed by atoms with Crippen LogP contribution in [-0.2, 0) is 6.54 Å². The van der Waals surface area contributed by atoms with Crippen LogP contribution >= 0.6 is 0 Å². The van der Waals surface area contributed by atoms with E-state index in [-0.39, 0.29) is 0 Å². The first-order chi connectivity index (χ1) is 8.48. The molecule has 1 aliphatic rings. The Kier molecular flexibility index (Phi) is 3.98. The molecule has 1 aliphatic carbocycles. The maximum Gasteiger partial charge on any atom is 0.203 e. The summed E-state index contributed by atoms with van der Waals surface area (Å²) >= 11 is 0. The van der Waals surface area contributed by atoms with E-state index in [1.54, 1.807) is 0 Å². The van der Waals surface area contributed by atoms with E-state index in [2.05, 4.69) is 48.8 Å². The number of aromatic nitrogens is 2. The zero-order valence-corrected chi connectivity index (χ0v) is 12.3. The second-order valence-corrected chi connectivity index (χ2v) is 6.63. The van der Waals surface area contributed by atoms with Crippen molar-refractivity contribution in [2.45, 2.75) is 59.9 Å². The van der Waals surface area contributed by atoms with Gasteiger partial charge in [0.25, 0.3) is 0 Å². The average Bonchev–Trinajstić information content (AvgIpc) is 2.83. The van der Waals surface area contributed by atoms with Crippen LogP contribution in [0.4, 0.5) is 5.95 Å². The molecule has 3 nitrogen and oxygen atoms in total. The van der Waals surface area contributed by atoms with Crippen molar-refractivity contribution < 1.29 is 0 Å². The monoisotopic (exact) mass is 249 g/mol. The van der Waals surface area contributed by atoms with Gasteiger partial charge in [-0.3, -0.25) is 0 Å². The highest BCUT2D eigenvalue weighted by atomic mass is 15.2. The van der Waals surface area contributed by atoms with E-state index in [0.717, 1.165) is 24.7 Å². The van der Waals surface area contributed by atoms with Gasteiger partial charge in [0.2, 0.25) is 5.95 Å². The van der Waals surface area contributed by atoms with Crippen LogP contribution in [0.1, 0.15) is 52.1 Å². The van der Waals surface area contributed by atoms with Crippen molar-refractivity contribution in [2.75, 3.05) is 11.9 Å². The number of hydrogen-bond acceptors (Lipinski definition) is 2. The molecule has 0 atom stereocenters. The van der Waals surface area contributed by atoms with Crippen molar-refractivity contribution in [1.82, 2.24) is 9.55 Å². The second kappa shape index (κ2) is 5.33. The Morgan fingerprint density at radius 3 is 2.67 bits per heavy atom. The highest BCUT2D eigenvalue weighted by Crippen LogP contribution is 2.39. The lowest BCUT2D eigenvalue weighted by atomic mass is 9.89. The summed E-state index contributed by atoms with van der Waals surface area (Å²) in [5.41, 5.74) is 1.59. The summed E-state index contributed by atoms with van der Waals surface area (Å²) in [7, 11) is 0. The summed E-state index contributed by atoms with van der Waals surface area (Å²) in [5, 5.41) is 3.48. The molecular formula is C15H27N3. The van der Waals surface area contributed by atoms with E-state index in [0.29, 0.717) is 11.3 Å². The molecule has 0 bridgehead atoms. The summed E-state index contributed by atoms with van der Waals surface area (Å²) in [6.45, 7) is 11.0. The molecular weight excluding hydrogens is 222 g/mol. The zero-order valence-electron chi connectivity index (χ0n) is 12.3. The first kappa shape index (κ1) is 13.4. The molecule has 0 spiro atoms. The van der Waals surface area contributed by atoms with Crippen molar-refractivity contribution in [1.29, 1.82) is 0 Å². The van der Waals surface area contributed by atoms with Gasteiger partial charge < -0.3 is 9.88 Å². The zero-order chi connectivity index (χ0) is 13.2. The average molecular weight is 249 g/mol. The molecule has 1 heterocycles. The number of rotatable bonds is 5. The standard InChI is InChI=1S/C15H27N3/c1-12(2)9-16-14-17-13(3)10-18(14)11-15(4)7-5-6-8-15/h10,12H,5-9,11H2,1-4H3,(H,16,17). The molecule has 1 N–H and O–H groups in total. The van der Waals surface area contributed by atoms with Gasteiger partial charge in [-0.1, -0.05) is 33.6 Å². The van der Waals surface area contributed by atoms with Gasteiger partial charge in [-0.25, -0.2) is 4.98 Å². The summed E-state index contributed by atoms with van der Waals surface area (Å²) < 4.78 is 2.32. The lowest BCUT2D eigenvalue weighted by Crippen LogP contribution is -2.21. The van der Waals surface area contributed by atoms with E-state index >= 15 is 0 Å². The summed E-state index contributed by atoms with van der Waals surface area (Å²) in [6.07, 6.45) is 7.67. The number of imidazole rings is 1. The highest BCUT2D eigenvalue weighted by molar-refractivity contribution is 5.29. The Bertz CT molecular complexity index is 386. The highest BCUT2D eigenvalue weighted by Gasteiger charge is 2.29. The van der Waals surface area contributed by atoms with Crippen LogP contribution < -0.4 is 5.32 Å². The quantitative estimate of drug-likeness (QED) is 0.859. The van der Waals surface area contributed by atoms with Crippen LogP contribution in [0, 0.1) is 18.3 Å². The van der Waals surface area contributed by atoms with Crippen LogP contribution in [0.15, 0.2) is 6.20 Å². The second-order valence-electron chi connectivity index (χ2n) is 6.63. The maximum atomic E-state index is 4.61. The fourth-order valence-corrected chi connectivity index (χ4v) is 2.90. The van der Waals surface area contributed by atoms with Gasteiger partial charge in [0.05, 0.1) is 5.69 Å². The number of hydrogen-bond donors (Lipinski definition) is 1. The molecule has 102 valence electrons. The van der Waals surface area contributed by atoms with Gasteiger partial charge in [-0.05, 0) is 31.1 Å². The Hall–Kier alpha value is -0.990. The van der Waals surface area contributed by atoms with E-state index in [1.807, 2.05) is 0 Å². The van der Waals surface area contributed by atoms with Gasteiger partial charge in [0.1, 0.15) is 0 Å². The molecule has 0 radical (unpaired) electrons. The third kappa shape index (κ3) is 3.27. The van der Waals surface area contributed by atoms with Crippen LogP contribution in [0.25, 0.3) is 0 Å². The smallest absolute Gasteiger partial charge is 0.203 e. The number of nitrogens with one attached hydrogen (secondary N) is 1. The fourth-order valence-electron chi connectivity index (χ4n) is 2.90. The molecule has 0 amide bonds. The van der Waals surface area contributed by atoms with E-state index in [4.69, 9.17) is 0 Å². The summed E-state index contributed by atoms with van der Waals surface area (Å²) in [5.74, 6) is 1.70. The fraction of sp³-hybridized carbons (Fsp3) is 0.800. The minimum atomic E-state index is 0.474. The van der Waals surface area contributed by atoms with Crippen molar-refractivity contribution >= 4 is 5.95 Å². The van der Waals surface area contributed by atoms with E-state index < -0.39 is 0 Å². The minimum absolute atomic E-state index is 0.474. The van der Waals surface area contributed by atoms with E-state index in [9.17, 15) is 0 Å². The SMILES string of the molecule is Cc1cn(CC2(C)CCCC2)c(NCC(C)C)n1. The van der Waals surface area contributed by atoms with Gasteiger partial charge in [0.15, 0.2) is 0 Å². The Morgan fingerprint density at radius 2 is 2.06 bits per heavy atom. The van der Waals surface area contributed by atoms with Crippen LogP contribution in [0.2, 0.25) is 0 Å². The molecule has 2 rings (SSSR count). The number of nitrogens with zero attached hydrogens (tertiary/aromatic N) is 2. The first-order valence-electron chi connectivity index (χ1n) is 7.26. The molecule has 18 heavy (non-hydrogen) atoms. The normalized spacial score (nSPS) is 18.5. The van der Waals surface area contributed by atoms with E-state index in [1.165, 1.54) is 25.7 Å². The Morgan fingerprint density at radius 1 is 1.39 bits per heavy atom. The van der Waals surface area contributed by atoms with Gasteiger partial charge in [-0.15, -0.1) is 0 Å². The maximum absolute atomic E-state index is 4.61. The molecule has 1 aromatic rings. The largest absolute Gasteiger partial charge is 0.355 e. The van der Waals surface area contributed by atoms with Gasteiger partial charge >= 0.3 is 0 Å². The van der Waals surface area contributed by atoms with Crippen LogP contribution in [-0.4, -0.2) is 16.1 Å². The Balaban J connectivity index is 2.06. The molecule has 0 aromatic carbocycles. The third-order valence-corrected chi connectivity index (χ3v) is 3.93. The van der Waals surface area contributed by atoms with Gasteiger partial charge in [-0.2, -0.15) is 0 Å². The number of aryl methyl sites for hydroxylation is 1. The van der Waals surface area contributed by atoms with Crippen LogP contribution in [0.3, 0.4) is 0 Å². The molecule has 0 unspecified atom stereocenters. The molecule has 3 heteroatoms. The predicted molar refractivity (Wildman–Crippen MR) is 76.9 cm³/mol. The molecule has 1 aromatic heterocycles. The van der Waals surface area contributed by atoms with Crippen molar-refractivity contribution in [3.05, 3.63) is 11.9 Å². The molecule has 0 aliphatic heterocycles. The summed E-state index contributed by atoms with van der Waals surface area (Å²) in [4.78, 5) is 4.61. The minimum Gasteiger partial charge on any atom is -0.355 e. The molecule has 1 fully saturated rings. The first-order valence-corrected chi connectivity index (χ1v) is 7.26.